The SMILES string of the molecule is CCCCCCCN1C(=O)C[C@H](C(=O)Nc2ccc(OC(F)(F)Cl)cc2)SC1=Nc1ccccc1. The van der Waals surface area contributed by atoms with Crippen LogP contribution in [0.5, 0.6) is 5.75 Å². The van der Waals surface area contributed by atoms with Crippen molar-refractivity contribution in [2.45, 2.75) is 56.3 Å². The van der Waals surface area contributed by atoms with Crippen molar-refractivity contribution in [2.24, 2.45) is 4.99 Å². The molecule has 1 N–H and O–H groups in total. The second-order valence-electron chi connectivity index (χ2n) is 8.06. The summed E-state index contributed by atoms with van der Waals surface area (Å²) in [6.07, 6.45) is 5.36. The molecule has 2 aromatic rings. The Hall–Kier alpha value is -2.65. The third kappa shape index (κ3) is 8.81. The zero-order valence-electron chi connectivity index (χ0n) is 19.4. The molecule has 1 aliphatic rings. The number of amides is 2. The van der Waals surface area contributed by atoms with E-state index in [0.717, 1.165) is 32.1 Å². The topological polar surface area (TPSA) is 71.0 Å². The molecule has 0 aromatic heterocycles. The van der Waals surface area contributed by atoms with E-state index in [0.29, 0.717) is 23.1 Å². The standard InChI is InChI=1S/C25H28ClF2N3O3S/c1-2-3-4-5-9-16-31-22(32)17-21(35-24(31)30-18-10-7-6-8-11-18)23(33)29-19-12-14-20(15-13-19)34-25(26,27)28/h6-8,10-15,21H,2-5,9,16-17H2,1H3,(H,29,33)/t21-/m1/s1. The molecule has 1 fully saturated rings. The third-order valence-electron chi connectivity index (χ3n) is 5.25. The minimum Gasteiger partial charge on any atom is -0.420 e. The predicted molar refractivity (Wildman–Crippen MR) is 137 cm³/mol. The summed E-state index contributed by atoms with van der Waals surface area (Å²) in [5, 5.41) is 2.55. The van der Waals surface area contributed by atoms with E-state index in [1.54, 1.807) is 4.90 Å². The summed E-state index contributed by atoms with van der Waals surface area (Å²) in [6.45, 7) is 2.71. The van der Waals surface area contributed by atoms with Gasteiger partial charge in [-0.05, 0) is 42.8 Å². The first-order valence-corrected chi connectivity index (χ1v) is 12.8. The number of amidine groups is 1. The molecule has 35 heavy (non-hydrogen) atoms. The summed E-state index contributed by atoms with van der Waals surface area (Å²) < 4.78 is 29.8. The summed E-state index contributed by atoms with van der Waals surface area (Å²) in [7, 11) is 0. The van der Waals surface area contributed by atoms with Crippen LogP contribution in [-0.4, -0.2) is 39.2 Å². The first kappa shape index (κ1) is 26.9. The van der Waals surface area contributed by atoms with Crippen LogP contribution in [0.3, 0.4) is 0 Å². The maximum atomic E-state index is 13.0. The smallest absolute Gasteiger partial charge is 0.420 e. The number of carbonyl (C=O) groups excluding carboxylic acids is 2. The molecule has 2 amide bonds. The van der Waals surface area contributed by atoms with Crippen LogP contribution < -0.4 is 10.1 Å². The van der Waals surface area contributed by atoms with E-state index >= 15 is 0 Å². The highest BCUT2D eigenvalue weighted by molar-refractivity contribution is 8.15. The fourth-order valence-electron chi connectivity index (χ4n) is 3.51. The number of benzene rings is 2. The van der Waals surface area contributed by atoms with Crippen LogP contribution in [0, 0.1) is 0 Å². The lowest BCUT2D eigenvalue weighted by molar-refractivity contribution is -0.129. The van der Waals surface area contributed by atoms with Gasteiger partial charge in [0.2, 0.25) is 11.8 Å². The van der Waals surface area contributed by atoms with Gasteiger partial charge in [0.05, 0.1) is 5.69 Å². The van der Waals surface area contributed by atoms with Crippen LogP contribution in [0.4, 0.5) is 20.2 Å². The van der Waals surface area contributed by atoms with Crippen LogP contribution in [0.2, 0.25) is 0 Å². The number of carbonyl (C=O) groups is 2. The average molecular weight is 524 g/mol. The van der Waals surface area contributed by atoms with Gasteiger partial charge in [-0.25, -0.2) is 4.99 Å². The van der Waals surface area contributed by atoms with E-state index in [4.69, 9.17) is 11.6 Å². The van der Waals surface area contributed by atoms with Crippen LogP contribution in [-0.2, 0) is 9.59 Å². The zero-order valence-corrected chi connectivity index (χ0v) is 21.0. The Balaban J connectivity index is 1.69. The number of halogens is 3. The Bertz CT molecular complexity index is 1020. The van der Waals surface area contributed by atoms with Gasteiger partial charge in [-0.3, -0.25) is 14.5 Å². The minimum atomic E-state index is -3.82. The number of nitrogens with zero attached hydrogens (tertiary/aromatic N) is 2. The maximum absolute atomic E-state index is 13.0. The summed E-state index contributed by atoms with van der Waals surface area (Å²) in [4.78, 5) is 32.3. The predicted octanol–water partition coefficient (Wildman–Crippen LogP) is 6.79. The number of unbranched alkanes of at least 4 members (excludes halogenated alkanes) is 4. The molecule has 6 nitrogen and oxygen atoms in total. The molecule has 0 saturated carbocycles. The minimum absolute atomic E-state index is 0.0406. The largest absolute Gasteiger partial charge is 0.487 e. The molecular weight excluding hydrogens is 496 g/mol. The lowest BCUT2D eigenvalue weighted by Gasteiger charge is -2.32. The lowest BCUT2D eigenvalue weighted by Crippen LogP contribution is -2.45. The molecule has 0 unspecified atom stereocenters. The van der Waals surface area contributed by atoms with E-state index in [1.165, 1.54) is 36.0 Å². The van der Waals surface area contributed by atoms with Gasteiger partial charge in [-0.2, -0.15) is 0 Å². The molecule has 1 saturated heterocycles. The van der Waals surface area contributed by atoms with Gasteiger partial charge in [0.15, 0.2) is 5.17 Å². The van der Waals surface area contributed by atoms with Crippen LogP contribution >= 0.6 is 23.4 Å². The van der Waals surface area contributed by atoms with Gasteiger partial charge < -0.3 is 10.1 Å². The molecule has 0 spiro atoms. The number of thioether (sulfide) groups is 1. The molecular formula is C25H28ClF2N3O3S. The molecule has 0 radical (unpaired) electrons. The van der Waals surface area contributed by atoms with Crippen LogP contribution in [0.25, 0.3) is 0 Å². The van der Waals surface area contributed by atoms with Crippen molar-refractivity contribution in [1.29, 1.82) is 0 Å². The Labute approximate surface area is 213 Å². The van der Waals surface area contributed by atoms with Crippen molar-refractivity contribution in [3.05, 3.63) is 54.6 Å². The van der Waals surface area contributed by atoms with Crippen molar-refractivity contribution >= 4 is 51.7 Å². The monoisotopic (exact) mass is 523 g/mol. The average Bonchev–Trinajstić information content (AvgIpc) is 2.81. The molecule has 0 aliphatic carbocycles. The number of hydrogen-bond donors (Lipinski definition) is 1. The molecule has 1 heterocycles. The molecule has 0 bridgehead atoms. The number of para-hydroxylation sites is 1. The van der Waals surface area contributed by atoms with Crippen LogP contribution in [0.1, 0.15) is 45.4 Å². The van der Waals surface area contributed by atoms with Crippen molar-refractivity contribution in [3.8, 4) is 5.75 Å². The second-order valence-corrected chi connectivity index (χ2v) is 9.67. The van der Waals surface area contributed by atoms with Gasteiger partial charge in [0, 0.05) is 30.3 Å². The van der Waals surface area contributed by atoms with E-state index in [9.17, 15) is 18.4 Å². The molecule has 3 rings (SSSR count). The Kier molecular flexibility index (Phi) is 9.92. The summed E-state index contributed by atoms with van der Waals surface area (Å²) >= 11 is 6.02. The van der Waals surface area contributed by atoms with Crippen LogP contribution in [0.15, 0.2) is 59.6 Å². The summed E-state index contributed by atoms with van der Waals surface area (Å²) in [6, 6.07) is 14.7. The lowest BCUT2D eigenvalue weighted by atomic mass is 10.1. The first-order chi connectivity index (χ1) is 16.7. The van der Waals surface area contributed by atoms with E-state index in [1.807, 2.05) is 30.3 Å². The number of anilines is 1. The number of alkyl halides is 3. The van der Waals surface area contributed by atoms with Crippen molar-refractivity contribution < 1.29 is 23.1 Å². The molecule has 2 aromatic carbocycles. The van der Waals surface area contributed by atoms with Gasteiger partial charge in [0.1, 0.15) is 11.0 Å². The van der Waals surface area contributed by atoms with Crippen molar-refractivity contribution in [2.75, 3.05) is 11.9 Å². The van der Waals surface area contributed by atoms with Gasteiger partial charge >= 0.3 is 5.57 Å². The van der Waals surface area contributed by atoms with E-state index in [-0.39, 0.29) is 24.0 Å². The molecule has 188 valence electrons. The maximum Gasteiger partial charge on any atom is 0.487 e. The van der Waals surface area contributed by atoms with Gasteiger partial charge in [-0.15, -0.1) is 8.78 Å². The number of aliphatic imine (C=N–C) groups is 1. The first-order valence-electron chi connectivity index (χ1n) is 11.5. The van der Waals surface area contributed by atoms with Crippen molar-refractivity contribution in [3.63, 3.8) is 0 Å². The number of hydrogen-bond acceptors (Lipinski definition) is 5. The fraction of sp³-hybridized carbons (Fsp3) is 0.400. The summed E-state index contributed by atoms with van der Waals surface area (Å²) in [5.74, 6) is -0.665. The number of ether oxygens (including phenoxy) is 1. The third-order valence-corrected chi connectivity index (χ3v) is 6.52. The quantitative estimate of drug-likeness (QED) is 0.260. The number of rotatable bonds is 11. The van der Waals surface area contributed by atoms with E-state index in [2.05, 4.69) is 22.0 Å². The highest BCUT2D eigenvalue weighted by Crippen LogP contribution is 2.31. The highest BCUT2D eigenvalue weighted by atomic mass is 35.5. The zero-order chi connectivity index (χ0) is 25.3. The molecule has 10 heteroatoms. The number of nitrogens with one attached hydrogen (secondary N) is 1. The van der Waals surface area contributed by atoms with Gasteiger partial charge in [-0.1, -0.05) is 62.6 Å². The highest BCUT2D eigenvalue weighted by Gasteiger charge is 2.35. The normalized spacial score (nSPS) is 17.5. The van der Waals surface area contributed by atoms with Gasteiger partial charge in [0.25, 0.3) is 0 Å². The van der Waals surface area contributed by atoms with Crippen molar-refractivity contribution in [1.82, 2.24) is 4.90 Å². The molecule has 1 aliphatic heterocycles. The second kappa shape index (κ2) is 12.9. The van der Waals surface area contributed by atoms with E-state index < -0.39 is 10.8 Å². The molecule has 1 atom stereocenters. The Morgan fingerprint density at radius 1 is 1.14 bits per heavy atom. The fourth-order valence-corrected chi connectivity index (χ4v) is 4.72. The Morgan fingerprint density at radius 2 is 1.83 bits per heavy atom. The Morgan fingerprint density at radius 3 is 2.49 bits per heavy atom. The summed E-state index contributed by atoms with van der Waals surface area (Å²) in [5.41, 5.74) is -2.74.